The lowest BCUT2D eigenvalue weighted by atomic mass is 10.2. The van der Waals surface area contributed by atoms with Crippen LogP contribution in [0.5, 0.6) is 0 Å². The van der Waals surface area contributed by atoms with Gasteiger partial charge in [0, 0.05) is 32.1 Å². The first-order valence-electron chi connectivity index (χ1n) is 8.77. The van der Waals surface area contributed by atoms with Crippen LogP contribution in [-0.4, -0.2) is 28.1 Å². The van der Waals surface area contributed by atoms with E-state index in [9.17, 15) is 14.4 Å². The molecule has 0 atom stereocenters. The molecule has 2 amide bonds. The minimum atomic E-state index is -0.397. The van der Waals surface area contributed by atoms with Gasteiger partial charge in [-0.1, -0.05) is 43.7 Å². The highest BCUT2D eigenvalue weighted by Crippen LogP contribution is 1.98. The molecule has 1 heterocycles. The van der Waals surface area contributed by atoms with E-state index in [2.05, 4.69) is 15.7 Å². The van der Waals surface area contributed by atoms with Crippen molar-refractivity contribution >= 4 is 11.8 Å². The number of unbranched alkanes of at least 4 members (excludes halogenated alkanes) is 1. The number of amides is 2. The third kappa shape index (κ3) is 6.16. The predicted octanol–water partition coefficient (Wildman–Crippen LogP) is 1.48. The van der Waals surface area contributed by atoms with Gasteiger partial charge in [0.25, 0.3) is 11.5 Å². The van der Waals surface area contributed by atoms with Gasteiger partial charge >= 0.3 is 0 Å². The van der Waals surface area contributed by atoms with E-state index >= 15 is 0 Å². The summed E-state index contributed by atoms with van der Waals surface area (Å²) in [4.78, 5) is 35.7. The molecular formula is C19H24N4O3. The monoisotopic (exact) mass is 356 g/mol. The highest BCUT2D eigenvalue weighted by atomic mass is 16.2. The highest BCUT2D eigenvalue weighted by molar-refractivity contribution is 5.92. The fourth-order valence-corrected chi connectivity index (χ4v) is 2.30. The molecule has 0 fully saturated rings. The molecule has 0 bridgehead atoms. The second-order valence-corrected chi connectivity index (χ2v) is 5.90. The van der Waals surface area contributed by atoms with Crippen molar-refractivity contribution in [1.82, 2.24) is 20.4 Å². The number of benzene rings is 1. The summed E-state index contributed by atoms with van der Waals surface area (Å²) in [5.74, 6) is -0.541. The van der Waals surface area contributed by atoms with Crippen LogP contribution in [-0.2, 0) is 17.9 Å². The standard InChI is InChI=1S/C19H24N4O3/c1-2-3-13-23-18(25)10-9-16(22-23)19(26)20-12-11-17(24)21-14-15-7-5-4-6-8-15/h4-10H,2-3,11-14H2,1H3,(H,20,26)(H,21,24). The molecule has 0 radical (unpaired) electrons. The Balaban J connectivity index is 1.77. The smallest absolute Gasteiger partial charge is 0.271 e. The summed E-state index contributed by atoms with van der Waals surface area (Å²) in [6, 6.07) is 12.3. The van der Waals surface area contributed by atoms with Crippen LogP contribution in [0.25, 0.3) is 0 Å². The molecule has 7 heteroatoms. The summed E-state index contributed by atoms with van der Waals surface area (Å²) in [5, 5.41) is 9.53. The van der Waals surface area contributed by atoms with Crippen LogP contribution < -0.4 is 16.2 Å². The maximum atomic E-state index is 12.1. The maximum absolute atomic E-state index is 12.1. The first-order chi connectivity index (χ1) is 12.6. The van der Waals surface area contributed by atoms with Gasteiger partial charge < -0.3 is 10.6 Å². The summed E-state index contributed by atoms with van der Waals surface area (Å²) in [6.45, 7) is 3.16. The summed E-state index contributed by atoms with van der Waals surface area (Å²) < 4.78 is 1.30. The third-order valence-electron chi connectivity index (χ3n) is 3.79. The van der Waals surface area contributed by atoms with Gasteiger partial charge in [-0.3, -0.25) is 14.4 Å². The molecule has 0 aliphatic carbocycles. The van der Waals surface area contributed by atoms with Gasteiger partial charge in [0.15, 0.2) is 0 Å². The van der Waals surface area contributed by atoms with E-state index < -0.39 is 5.91 Å². The van der Waals surface area contributed by atoms with Gasteiger partial charge in [0.1, 0.15) is 5.69 Å². The molecule has 0 spiro atoms. The van der Waals surface area contributed by atoms with Crippen LogP contribution in [0.2, 0.25) is 0 Å². The second kappa shape index (κ2) is 10.1. The number of carbonyl (C=O) groups is 2. The van der Waals surface area contributed by atoms with Crippen molar-refractivity contribution in [2.75, 3.05) is 6.54 Å². The van der Waals surface area contributed by atoms with Crippen LogP contribution in [0.15, 0.2) is 47.3 Å². The van der Waals surface area contributed by atoms with Crippen molar-refractivity contribution in [3.63, 3.8) is 0 Å². The number of aryl methyl sites for hydroxylation is 1. The summed E-state index contributed by atoms with van der Waals surface area (Å²) >= 11 is 0. The van der Waals surface area contributed by atoms with Crippen molar-refractivity contribution < 1.29 is 9.59 Å². The average molecular weight is 356 g/mol. The maximum Gasteiger partial charge on any atom is 0.271 e. The molecule has 2 aromatic rings. The average Bonchev–Trinajstić information content (AvgIpc) is 2.66. The Morgan fingerprint density at radius 1 is 1.08 bits per heavy atom. The lowest BCUT2D eigenvalue weighted by Gasteiger charge is -2.08. The number of nitrogens with one attached hydrogen (secondary N) is 2. The van der Waals surface area contributed by atoms with Crippen molar-refractivity contribution in [3.8, 4) is 0 Å². The van der Waals surface area contributed by atoms with Crippen LogP contribution in [0.3, 0.4) is 0 Å². The zero-order valence-corrected chi connectivity index (χ0v) is 14.9. The van der Waals surface area contributed by atoms with Crippen LogP contribution in [0.1, 0.15) is 42.2 Å². The van der Waals surface area contributed by atoms with Gasteiger partial charge in [-0.25, -0.2) is 4.68 Å². The number of carbonyl (C=O) groups excluding carboxylic acids is 2. The van der Waals surface area contributed by atoms with Gasteiger partial charge in [-0.15, -0.1) is 0 Å². The van der Waals surface area contributed by atoms with E-state index in [4.69, 9.17) is 0 Å². The van der Waals surface area contributed by atoms with E-state index in [0.717, 1.165) is 18.4 Å². The Bertz CT molecular complexity index is 787. The molecule has 2 rings (SSSR count). The molecule has 0 saturated heterocycles. The number of hydrogen-bond acceptors (Lipinski definition) is 4. The zero-order chi connectivity index (χ0) is 18.8. The SMILES string of the molecule is CCCCn1nc(C(=O)NCCC(=O)NCc2ccccc2)ccc1=O. The second-order valence-electron chi connectivity index (χ2n) is 5.90. The Kier molecular flexibility index (Phi) is 7.54. The molecule has 0 saturated carbocycles. The Morgan fingerprint density at radius 2 is 1.85 bits per heavy atom. The number of hydrogen-bond donors (Lipinski definition) is 2. The van der Waals surface area contributed by atoms with Gasteiger partial charge in [0.05, 0.1) is 0 Å². The number of nitrogens with zero attached hydrogens (tertiary/aromatic N) is 2. The van der Waals surface area contributed by atoms with E-state index in [0.29, 0.717) is 13.1 Å². The largest absolute Gasteiger partial charge is 0.352 e. The fourth-order valence-electron chi connectivity index (χ4n) is 2.30. The summed E-state index contributed by atoms with van der Waals surface area (Å²) in [6.07, 6.45) is 1.93. The van der Waals surface area contributed by atoms with E-state index in [1.54, 1.807) is 0 Å². The lowest BCUT2D eigenvalue weighted by molar-refractivity contribution is -0.121. The van der Waals surface area contributed by atoms with Crippen molar-refractivity contribution in [2.24, 2.45) is 0 Å². The van der Waals surface area contributed by atoms with Crippen molar-refractivity contribution in [2.45, 2.75) is 39.3 Å². The van der Waals surface area contributed by atoms with Crippen LogP contribution in [0.4, 0.5) is 0 Å². The molecule has 1 aromatic heterocycles. The number of rotatable bonds is 9. The molecule has 138 valence electrons. The van der Waals surface area contributed by atoms with Crippen molar-refractivity contribution in [3.05, 3.63) is 64.1 Å². The third-order valence-corrected chi connectivity index (χ3v) is 3.79. The van der Waals surface area contributed by atoms with Gasteiger partial charge in [0.2, 0.25) is 5.91 Å². The molecule has 7 nitrogen and oxygen atoms in total. The molecular weight excluding hydrogens is 332 g/mol. The predicted molar refractivity (Wildman–Crippen MR) is 98.6 cm³/mol. The first kappa shape index (κ1) is 19.4. The molecule has 26 heavy (non-hydrogen) atoms. The normalized spacial score (nSPS) is 10.3. The lowest BCUT2D eigenvalue weighted by Crippen LogP contribution is -2.32. The molecule has 1 aromatic carbocycles. The van der Waals surface area contributed by atoms with E-state index in [1.165, 1.54) is 16.8 Å². The van der Waals surface area contributed by atoms with E-state index in [1.807, 2.05) is 37.3 Å². The van der Waals surface area contributed by atoms with Crippen LogP contribution in [0, 0.1) is 0 Å². The Morgan fingerprint density at radius 3 is 2.58 bits per heavy atom. The zero-order valence-electron chi connectivity index (χ0n) is 14.9. The molecule has 0 aliphatic heterocycles. The van der Waals surface area contributed by atoms with Crippen LogP contribution >= 0.6 is 0 Å². The minimum Gasteiger partial charge on any atom is -0.352 e. The van der Waals surface area contributed by atoms with Gasteiger partial charge in [-0.05, 0) is 18.1 Å². The molecule has 0 aliphatic rings. The Hall–Kier alpha value is -2.96. The topological polar surface area (TPSA) is 93.1 Å². The molecule has 2 N–H and O–H groups in total. The summed E-state index contributed by atoms with van der Waals surface area (Å²) in [7, 11) is 0. The fraction of sp³-hybridized carbons (Fsp3) is 0.368. The Labute approximate surface area is 152 Å². The number of aromatic nitrogens is 2. The molecule has 0 unspecified atom stereocenters. The minimum absolute atomic E-state index is 0.143. The van der Waals surface area contributed by atoms with Gasteiger partial charge in [-0.2, -0.15) is 5.10 Å². The highest BCUT2D eigenvalue weighted by Gasteiger charge is 2.10. The summed E-state index contributed by atoms with van der Waals surface area (Å²) in [5.41, 5.74) is 0.962. The quantitative estimate of drug-likeness (QED) is 0.712. The van der Waals surface area contributed by atoms with Crippen molar-refractivity contribution in [1.29, 1.82) is 0 Å². The first-order valence-corrected chi connectivity index (χ1v) is 8.77. The van der Waals surface area contributed by atoms with E-state index in [-0.39, 0.29) is 30.1 Å².